The first-order chi connectivity index (χ1) is 6.25. The molecule has 0 aliphatic carbocycles. The van der Waals surface area contributed by atoms with Gasteiger partial charge in [0.05, 0.1) is 0 Å². The van der Waals surface area contributed by atoms with E-state index in [0.717, 1.165) is 6.54 Å². The molecule has 1 fully saturated rings. The lowest BCUT2D eigenvalue weighted by Crippen LogP contribution is -2.47. The van der Waals surface area contributed by atoms with Crippen molar-refractivity contribution in [2.24, 2.45) is 0 Å². The van der Waals surface area contributed by atoms with E-state index in [1.807, 2.05) is 12.1 Å². The summed E-state index contributed by atoms with van der Waals surface area (Å²) in [5.41, 5.74) is 1.30. The topological polar surface area (TPSA) is 3.24 Å². The zero-order valence-electron chi connectivity index (χ0n) is 7.21. The van der Waals surface area contributed by atoms with Crippen molar-refractivity contribution < 1.29 is 4.39 Å². The number of likely N-dealkylation sites (tertiary alicyclic amines) is 1. The minimum absolute atomic E-state index is 0.596. The molecule has 1 aliphatic rings. The molecule has 0 saturated carbocycles. The zero-order chi connectivity index (χ0) is 9.26. The van der Waals surface area contributed by atoms with Crippen molar-refractivity contribution in [3.63, 3.8) is 0 Å². The third-order valence-corrected chi connectivity index (χ3v) is 3.32. The van der Waals surface area contributed by atoms with Crippen molar-refractivity contribution in [3.8, 4) is 0 Å². The van der Waals surface area contributed by atoms with Crippen molar-refractivity contribution in [2.45, 2.75) is 12.7 Å². The number of rotatable bonds is 2. The maximum absolute atomic E-state index is 12.5. The molecule has 0 amide bonds. The molecule has 0 aromatic heterocycles. The average molecular weight is 291 g/mol. The van der Waals surface area contributed by atoms with Crippen LogP contribution in [0.15, 0.2) is 24.3 Å². The van der Waals surface area contributed by atoms with Gasteiger partial charge in [-0.15, -0.1) is 0 Å². The van der Waals surface area contributed by atoms with E-state index in [1.54, 1.807) is 0 Å². The maximum atomic E-state index is 12.5. The van der Waals surface area contributed by atoms with Gasteiger partial charge in [0, 0.05) is 23.2 Å². The summed E-state index contributed by atoms with van der Waals surface area (Å²) in [6.45, 7) is 2.09. The van der Waals surface area contributed by atoms with E-state index in [0.29, 0.717) is 13.1 Å². The molecule has 1 aromatic carbocycles. The smallest absolute Gasteiger partial charge is 0.125 e. The first-order valence-corrected chi connectivity index (χ1v) is 5.43. The van der Waals surface area contributed by atoms with Gasteiger partial charge in [-0.2, -0.15) is 0 Å². The highest BCUT2D eigenvalue weighted by molar-refractivity contribution is 14.1. The molecule has 1 saturated heterocycles. The van der Waals surface area contributed by atoms with Gasteiger partial charge in [-0.25, -0.2) is 4.39 Å². The van der Waals surface area contributed by atoms with Gasteiger partial charge in [0.25, 0.3) is 0 Å². The Kier molecular flexibility index (Phi) is 2.83. The molecule has 0 spiro atoms. The van der Waals surface area contributed by atoms with Gasteiger partial charge in [0.1, 0.15) is 6.17 Å². The Morgan fingerprint density at radius 3 is 2.69 bits per heavy atom. The largest absolute Gasteiger partial charge is 0.293 e. The Labute approximate surface area is 91.1 Å². The van der Waals surface area contributed by atoms with Crippen LogP contribution in [-0.4, -0.2) is 24.2 Å². The zero-order valence-corrected chi connectivity index (χ0v) is 9.37. The number of nitrogens with zero attached hydrogens (tertiary/aromatic N) is 1. The lowest BCUT2D eigenvalue weighted by atomic mass is 10.1. The molecule has 0 unspecified atom stereocenters. The summed E-state index contributed by atoms with van der Waals surface area (Å²) < 4.78 is 13.8. The molecule has 1 nitrogen and oxygen atoms in total. The Hall–Kier alpha value is -0.160. The van der Waals surface area contributed by atoms with E-state index in [4.69, 9.17) is 0 Å². The average Bonchev–Trinajstić information content (AvgIpc) is 2.06. The minimum Gasteiger partial charge on any atom is -0.293 e. The molecular formula is C10H11FIN. The SMILES string of the molecule is FC1CN(Cc2ccccc2I)C1. The van der Waals surface area contributed by atoms with Gasteiger partial charge in [-0.1, -0.05) is 18.2 Å². The van der Waals surface area contributed by atoms with Gasteiger partial charge >= 0.3 is 0 Å². The highest BCUT2D eigenvalue weighted by Gasteiger charge is 2.25. The Balaban J connectivity index is 1.98. The van der Waals surface area contributed by atoms with Crippen molar-refractivity contribution in [3.05, 3.63) is 33.4 Å². The van der Waals surface area contributed by atoms with Gasteiger partial charge < -0.3 is 0 Å². The summed E-state index contributed by atoms with van der Waals surface area (Å²) >= 11 is 2.32. The van der Waals surface area contributed by atoms with Crippen molar-refractivity contribution in [1.29, 1.82) is 0 Å². The standard InChI is InChI=1S/C10H11FIN/c11-9-6-13(7-9)5-8-3-1-2-4-10(8)12/h1-4,9H,5-7H2. The van der Waals surface area contributed by atoms with Crippen LogP contribution >= 0.6 is 22.6 Å². The Morgan fingerprint density at radius 2 is 2.08 bits per heavy atom. The highest BCUT2D eigenvalue weighted by Crippen LogP contribution is 2.18. The molecule has 70 valence electrons. The van der Waals surface area contributed by atoms with E-state index < -0.39 is 6.17 Å². The van der Waals surface area contributed by atoms with Crippen LogP contribution in [0.1, 0.15) is 5.56 Å². The normalized spacial score (nSPS) is 18.6. The first-order valence-electron chi connectivity index (χ1n) is 4.35. The monoisotopic (exact) mass is 291 g/mol. The number of halogens is 2. The molecule has 0 radical (unpaired) electrons. The van der Waals surface area contributed by atoms with E-state index in [-0.39, 0.29) is 0 Å². The molecule has 13 heavy (non-hydrogen) atoms. The molecule has 0 N–H and O–H groups in total. The number of benzene rings is 1. The molecule has 1 aromatic rings. The molecule has 3 heteroatoms. The van der Waals surface area contributed by atoms with E-state index in [2.05, 4.69) is 39.6 Å². The molecule has 2 rings (SSSR count). The fraction of sp³-hybridized carbons (Fsp3) is 0.400. The lowest BCUT2D eigenvalue weighted by Gasteiger charge is -2.34. The second-order valence-electron chi connectivity index (χ2n) is 3.38. The molecule has 0 atom stereocenters. The molecule has 1 aliphatic heterocycles. The quantitative estimate of drug-likeness (QED) is 0.757. The second kappa shape index (κ2) is 3.92. The van der Waals surface area contributed by atoms with Crippen molar-refractivity contribution >= 4 is 22.6 Å². The predicted octanol–water partition coefficient (Wildman–Crippen LogP) is 2.44. The van der Waals surface area contributed by atoms with E-state index in [1.165, 1.54) is 9.13 Å². The van der Waals surface area contributed by atoms with Gasteiger partial charge in [-0.05, 0) is 34.2 Å². The van der Waals surface area contributed by atoms with Crippen LogP contribution < -0.4 is 0 Å². The summed E-state index contributed by atoms with van der Waals surface area (Å²) in [6, 6.07) is 8.25. The fourth-order valence-electron chi connectivity index (χ4n) is 1.50. The number of alkyl halides is 1. The van der Waals surface area contributed by atoms with Gasteiger partial charge in [0.15, 0.2) is 0 Å². The maximum Gasteiger partial charge on any atom is 0.125 e. The Bertz CT molecular complexity index is 297. The molecule has 1 heterocycles. The minimum atomic E-state index is -0.596. The third-order valence-electron chi connectivity index (χ3n) is 2.26. The summed E-state index contributed by atoms with van der Waals surface area (Å²) in [5.74, 6) is 0. The van der Waals surface area contributed by atoms with E-state index >= 15 is 0 Å². The van der Waals surface area contributed by atoms with Crippen LogP contribution in [0.4, 0.5) is 4.39 Å². The van der Waals surface area contributed by atoms with Crippen molar-refractivity contribution in [1.82, 2.24) is 4.90 Å². The Morgan fingerprint density at radius 1 is 1.38 bits per heavy atom. The van der Waals surface area contributed by atoms with Crippen LogP contribution in [0.25, 0.3) is 0 Å². The summed E-state index contributed by atoms with van der Waals surface area (Å²) in [6.07, 6.45) is -0.596. The van der Waals surface area contributed by atoms with Gasteiger partial charge in [-0.3, -0.25) is 4.90 Å². The van der Waals surface area contributed by atoms with Crippen LogP contribution in [-0.2, 0) is 6.54 Å². The van der Waals surface area contributed by atoms with Crippen LogP contribution in [0, 0.1) is 3.57 Å². The van der Waals surface area contributed by atoms with Gasteiger partial charge in [0.2, 0.25) is 0 Å². The molecular weight excluding hydrogens is 280 g/mol. The predicted molar refractivity (Wildman–Crippen MR) is 59.3 cm³/mol. The first kappa shape index (κ1) is 9.40. The van der Waals surface area contributed by atoms with E-state index in [9.17, 15) is 4.39 Å². The fourth-order valence-corrected chi connectivity index (χ4v) is 2.06. The second-order valence-corrected chi connectivity index (χ2v) is 4.54. The van der Waals surface area contributed by atoms with Crippen LogP contribution in [0.5, 0.6) is 0 Å². The highest BCUT2D eigenvalue weighted by atomic mass is 127. The third kappa shape index (κ3) is 2.20. The van der Waals surface area contributed by atoms with Crippen molar-refractivity contribution in [2.75, 3.05) is 13.1 Å². The van der Waals surface area contributed by atoms with Crippen LogP contribution in [0.3, 0.4) is 0 Å². The number of hydrogen-bond donors (Lipinski definition) is 0. The number of hydrogen-bond acceptors (Lipinski definition) is 1. The molecule has 0 bridgehead atoms. The lowest BCUT2D eigenvalue weighted by molar-refractivity contribution is 0.0589. The summed E-state index contributed by atoms with van der Waals surface area (Å²) in [7, 11) is 0. The van der Waals surface area contributed by atoms with Crippen LogP contribution in [0.2, 0.25) is 0 Å². The summed E-state index contributed by atoms with van der Waals surface area (Å²) in [5, 5.41) is 0. The summed E-state index contributed by atoms with van der Waals surface area (Å²) in [4.78, 5) is 2.13.